The first-order valence-corrected chi connectivity index (χ1v) is 11.1. The number of benzene rings is 1. The second kappa shape index (κ2) is 10.2. The number of hydrogen-bond acceptors (Lipinski definition) is 7. The molecule has 4 rings (SSSR count). The van der Waals surface area contributed by atoms with Crippen LogP contribution in [0.15, 0.2) is 42.7 Å². The van der Waals surface area contributed by atoms with Crippen molar-refractivity contribution in [2.45, 2.75) is 37.8 Å². The van der Waals surface area contributed by atoms with Crippen molar-refractivity contribution in [2.24, 2.45) is 0 Å². The number of ether oxygens (including phenoxy) is 1. The van der Waals surface area contributed by atoms with E-state index in [4.69, 9.17) is 4.74 Å². The van der Waals surface area contributed by atoms with Crippen molar-refractivity contribution in [3.63, 3.8) is 0 Å². The van der Waals surface area contributed by atoms with Crippen molar-refractivity contribution in [3.8, 4) is 5.75 Å². The molecule has 3 heterocycles. The van der Waals surface area contributed by atoms with Gasteiger partial charge in [0.15, 0.2) is 0 Å². The van der Waals surface area contributed by atoms with Crippen LogP contribution in [0.2, 0.25) is 0 Å². The molecule has 162 valence electrons. The number of hydrogen-bond donors (Lipinski definition) is 2. The Bertz CT molecular complexity index is 784. The highest BCUT2D eigenvalue weighted by Gasteiger charge is 2.36. The second-order valence-electron chi connectivity index (χ2n) is 8.45. The number of likely N-dealkylation sites (tertiary alicyclic amines) is 1. The Kier molecular flexibility index (Phi) is 7.15. The van der Waals surface area contributed by atoms with Gasteiger partial charge in [0.2, 0.25) is 5.95 Å². The minimum Gasteiger partial charge on any atom is -0.492 e. The van der Waals surface area contributed by atoms with E-state index in [-0.39, 0.29) is 0 Å². The van der Waals surface area contributed by atoms with Gasteiger partial charge in [0, 0.05) is 38.6 Å². The van der Waals surface area contributed by atoms with Crippen LogP contribution in [0.3, 0.4) is 0 Å². The normalized spacial score (nSPS) is 22.4. The summed E-state index contributed by atoms with van der Waals surface area (Å²) in [5.41, 5.74) is 0.400. The Balaban J connectivity index is 1.20. The minimum absolute atomic E-state index is 0.538. The standard InChI is InChI=1S/C23H33N5O2/c29-23(8-13-28(19-23)22-25-9-5-10-26-22)18-24-17-20-6-4-7-21(16-20)30-15-14-27-11-2-1-3-12-27/h4-7,9-10,16,24,29H,1-3,8,11-15,17-19H2. The molecule has 2 aliphatic heterocycles. The zero-order valence-corrected chi connectivity index (χ0v) is 17.7. The summed E-state index contributed by atoms with van der Waals surface area (Å²) in [4.78, 5) is 13.1. The van der Waals surface area contributed by atoms with Crippen LogP contribution in [0.5, 0.6) is 5.75 Å². The molecule has 1 aromatic heterocycles. The highest BCUT2D eigenvalue weighted by atomic mass is 16.5. The van der Waals surface area contributed by atoms with E-state index in [1.165, 1.54) is 32.4 Å². The summed E-state index contributed by atoms with van der Waals surface area (Å²) in [7, 11) is 0. The lowest BCUT2D eigenvalue weighted by Gasteiger charge is -2.26. The van der Waals surface area contributed by atoms with E-state index in [1.807, 2.05) is 17.0 Å². The lowest BCUT2D eigenvalue weighted by Crippen LogP contribution is -2.43. The average Bonchev–Trinajstić information content (AvgIpc) is 3.18. The molecule has 1 aromatic carbocycles. The molecule has 2 N–H and O–H groups in total. The molecular formula is C23H33N5O2. The molecule has 0 saturated carbocycles. The van der Waals surface area contributed by atoms with Crippen molar-refractivity contribution in [1.82, 2.24) is 20.2 Å². The van der Waals surface area contributed by atoms with Crippen LogP contribution in [0.4, 0.5) is 5.95 Å². The number of piperidine rings is 1. The number of nitrogens with zero attached hydrogens (tertiary/aromatic N) is 4. The number of nitrogens with one attached hydrogen (secondary N) is 1. The third-order valence-electron chi connectivity index (χ3n) is 5.97. The SMILES string of the molecule is OC1(CNCc2cccc(OCCN3CCCCC3)c2)CCN(c2ncccn2)C1. The Labute approximate surface area is 179 Å². The van der Waals surface area contributed by atoms with Crippen molar-refractivity contribution in [2.75, 3.05) is 50.8 Å². The third kappa shape index (κ3) is 5.90. The quantitative estimate of drug-likeness (QED) is 0.654. The van der Waals surface area contributed by atoms with Gasteiger partial charge in [0.25, 0.3) is 0 Å². The van der Waals surface area contributed by atoms with E-state index >= 15 is 0 Å². The van der Waals surface area contributed by atoms with Crippen molar-refractivity contribution in [1.29, 1.82) is 0 Å². The summed E-state index contributed by atoms with van der Waals surface area (Å²) >= 11 is 0. The van der Waals surface area contributed by atoms with Gasteiger partial charge in [0.05, 0.1) is 12.1 Å². The van der Waals surface area contributed by atoms with Crippen LogP contribution < -0.4 is 15.0 Å². The fraction of sp³-hybridized carbons (Fsp3) is 0.565. The van der Waals surface area contributed by atoms with Crippen LogP contribution in [-0.2, 0) is 6.54 Å². The second-order valence-corrected chi connectivity index (χ2v) is 8.45. The molecule has 0 bridgehead atoms. The fourth-order valence-corrected chi connectivity index (χ4v) is 4.29. The fourth-order valence-electron chi connectivity index (χ4n) is 4.29. The molecule has 7 nitrogen and oxygen atoms in total. The van der Waals surface area contributed by atoms with E-state index in [9.17, 15) is 5.11 Å². The van der Waals surface area contributed by atoms with Crippen molar-refractivity contribution in [3.05, 3.63) is 48.3 Å². The first-order chi connectivity index (χ1) is 14.7. The summed E-state index contributed by atoms with van der Waals surface area (Å²) in [6, 6.07) is 10.0. The Morgan fingerprint density at radius 2 is 1.90 bits per heavy atom. The Morgan fingerprint density at radius 3 is 2.73 bits per heavy atom. The summed E-state index contributed by atoms with van der Waals surface area (Å²) in [5.74, 6) is 1.60. The number of aliphatic hydroxyl groups is 1. The van der Waals surface area contributed by atoms with Gasteiger partial charge < -0.3 is 20.1 Å². The van der Waals surface area contributed by atoms with Gasteiger partial charge in [-0.2, -0.15) is 0 Å². The van der Waals surface area contributed by atoms with Gasteiger partial charge in [-0.1, -0.05) is 18.6 Å². The summed E-state index contributed by atoms with van der Waals surface area (Å²) in [6.07, 6.45) is 8.16. The monoisotopic (exact) mass is 411 g/mol. The molecule has 1 unspecified atom stereocenters. The van der Waals surface area contributed by atoms with E-state index in [2.05, 4.69) is 32.3 Å². The molecule has 2 fully saturated rings. The Morgan fingerprint density at radius 1 is 1.07 bits per heavy atom. The van der Waals surface area contributed by atoms with Gasteiger partial charge in [-0.05, 0) is 56.1 Å². The number of rotatable bonds is 9. The predicted octanol–water partition coefficient (Wildman–Crippen LogP) is 2.07. The van der Waals surface area contributed by atoms with Crippen LogP contribution in [0.1, 0.15) is 31.2 Å². The molecule has 1 atom stereocenters. The van der Waals surface area contributed by atoms with E-state index in [0.717, 1.165) is 31.0 Å². The maximum absolute atomic E-state index is 10.9. The molecule has 2 aromatic rings. The lowest BCUT2D eigenvalue weighted by atomic mass is 10.0. The number of anilines is 1. The Hall–Kier alpha value is -2.22. The zero-order valence-electron chi connectivity index (χ0n) is 17.7. The van der Waals surface area contributed by atoms with Gasteiger partial charge in [-0.15, -0.1) is 0 Å². The van der Waals surface area contributed by atoms with Gasteiger partial charge in [-0.25, -0.2) is 9.97 Å². The van der Waals surface area contributed by atoms with Crippen LogP contribution in [0, 0.1) is 0 Å². The van der Waals surface area contributed by atoms with Crippen LogP contribution in [-0.4, -0.2) is 71.5 Å². The van der Waals surface area contributed by atoms with E-state index in [0.29, 0.717) is 32.0 Å². The molecule has 0 spiro atoms. The topological polar surface area (TPSA) is 73.8 Å². The third-order valence-corrected chi connectivity index (χ3v) is 5.97. The van der Waals surface area contributed by atoms with Crippen LogP contribution in [0.25, 0.3) is 0 Å². The minimum atomic E-state index is -0.762. The maximum atomic E-state index is 10.9. The average molecular weight is 412 g/mol. The van der Waals surface area contributed by atoms with Gasteiger partial charge in [-0.3, -0.25) is 4.90 Å². The lowest BCUT2D eigenvalue weighted by molar-refractivity contribution is 0.0626. The zero-order chi connectivity index (χ0) is 20.7. The van der Waals surface area contributed by atoms with E-state index < -0.39 is 5.60 Å². The van der Waals surface area contributed by atoms with Crippen molar-refractivity contribution >= 4 is 5.95 Å². The molecular weight excluding hydrogens is 378 g/mol. The van der Waals surface area contributed by atoms with Crippen molar-refractivity contribution < 1.29 is 9.84 Å². The van der Waals surface area contributed by atoms with Crippen LogP contribution >= 0.6 is 0 Å². The first-order valence-electron chi connectivity index (χ1n) is 11.1. The molecule has 0 amide bonds. The molecule has 2 aliphatic rings. The number of aromatic nitrogens is 2. The molecule has 30 heavy (non-hydrogen) atoms. The first kappa shape index (κ1) is 21.0. The molecule has 7 heteroatoms. The summed E-state index contributed by atoms with van der Waals surface area (Å²) in [6.45, 7) is 6.68. The number of β-amino-alcohol motifs (C(OH)–C–C–N with tert-alkyl or cyclic N) is 1. The van der Waals surface area contributed by atoms with E-state index in [1.54, 1.807) is 18.5 Å². The molecule has 0 aliphatic carbocycles. The molecule has 2 saturated heterocycles. The molecule has 0 radical (unpaired) electrons. The predicted molar refractivity (Wildman–Crippen MR) is 118 cm³/mol. The van der Waals surface area contributed by atoms with Gasteiger partial charge in [0.1, 0.15) is 12.4 Å². The maximum Gasteiger partial charge on any atom is 0.225 e. The summed E-state index contributed by atoms with van der Waals surface area (Å²) < 4.78 is 5.97. The highest BCUT2D eigenvalue weighted by Crippen LogP contribution is 2.24. The summed E-state index contributed by atoms with van der Waals surface area (Å²) in [5, 5.41) is 14.3. The highest BCUT2D eigenvalue weighted by molar-refractivity contribution is 5.32. The largest absolute Gasteiger partial charge is 0.492 e. The van der Waals surface area contributed by atoms with Gasteiger partial charge >= 0.3 is 0 Å². The smallest absolute Gasteiger partial charge is 0.225 e.